The van der Waals surface area contributed by atoms with Crippen LogP contribution in [0.15, 0.2) is 17.0 Å². The monoisotopic (exact) mass is 330 g/mol. The lowest BCUT2D eigenvalue weighted by atomic mass is 10.3. The summed E-state index contributed by atoms with van der Waals surface area (Å²) < 4.78 is 88.7. The summed E-state index contributed by atoms with van der Waals surface area (Å²) in [5.41, 5.74) is 4.50. The largest absolute Gasteiger partial charge is 0.402 e. The number of nitrogens with zero attached hydrogens (tertiary/aromatic N) is 1. The van der Waals surface area contributed by atoms with Crippen LogP contribution in [0.3, 0.4) is 0 Å². The van der Waals surface area contributed by atoms with Crippen molar-refractivity contribution in [2.45, 2.75) is 30.0 Å². The van der Waals surface area contributed by atoms with Crippen LogP contribution in [0.2, 0.25) is 0 Å². The first-order valence-electron chi connectivity index (χ1n) is 5.85. The van der Waals surface area contributed by atoms with Gasteiger partial charge in [-0.15, -0.1) is 0 Å². The van der Waals surface area contributed by atoms with Gasteiger partial charge in [0.2, 0.25) is 10.0 Å². The summed E-state index contributed by atoms with van der Waals surface area (Å²) in [6.07, 6.45) is -4.25. The number of hydrogen-bond donors (Lipinski definition) is 1. The van der Waals surface area contributed by atoms with Crippen LogP contribution >= 0.6 is 0 Å². The van der Waals surface area contributed by atoms with E-state index in [-0.39, 0.29) is 23.2 Å². The molecular weight excluding hydrogens is 319 g/mol. The maximum Gasteiger partial charge on any atom is 0.402 e. The van der Waals surface area contributed by atoms with Crippen LogP contribution in [0.4, 0.5) is 27.6 Å². The lowest BCUT2D eigenvalue weighted by molar-refractivity contribution is -0.137. The maximum absolute atomic E-state index is 13.6. The van der Waals surface area contributed by atoms with Crippen molar-refractivity contribution in [2.24, 2.45) is 0 Å². The molecule has 118 valence electrons. The van der Waals surface area contributed by atoms with Gasteiger partial charge < -0.3 is 5.73 Å². The maximum atomic E-state index is 13.6. The number of rotatable bonds is 4. The standard InChI is InChI=1S/C11H11F5N2O2S/c12-7-3-8(13)10(4-9(7)17)21(19,20)18(6-1-2-6)5-11(14,15)16/h3-4,6H,1-2,5,17H2. The molecule has 0 bridgehead atoms. The molecule has 0 aliphatic heterocycles. The predicted molar refractivity (Wildman–Crippen MR) is 63.7 cm³/mol. The average Bonchev–Trinajstić information content (AvgIpc) is 3.13. The van der Waals surface area contributed by atoms with Crippen LogP contribution in [-0.4, -0.2) is 31.5 Å². The van der Waals surface area contributed by atoms with Crippen LogP contribution < -0.4 is 5.73 Å². The Balaban J connectivity index is 2.46. The first kappa shape index (κ1) is 16.0. The average molecular weight is 330 g/mol. The molecule has 0 amide bonds. The Hall–Kier alpha value is -1.42. The third-order valence-electron chi connectivity index (χ3n) is 2.93. The number of nitrogen functional groups attached to an aromatic ring is 1. The zero-order valence-corrected chi connectivity index (χ0v) is 11.3. The fourth-order valence-electron chi connectivity index (χ4n) is 1.82. The van der Waals surface area contributed by atoms with Gasteiger partial charge >= 0.3 is 6.18 Å². The Bertz CT molecular complexity index is 655. The molecule has 0 atom stereocenters. The van der Waals surface area contributed by atoms with E-state index < -0.39 is 51.0 Å². The van der Waals surface area contributed by atoms with Gasteiger partial charge in [0, 0.05) is 12.1 Å². The minimum Gasteiger partial charge on any atom is -0.396 e. The second-order valence-corrected chi connectivity index (χ2v) is 6.56. The minimum atomic E-state index is -4.77. The van der Waals surface area contributed by atoms with E-state index in [0.717, 1.165) is 0 Å². The van der Waals surface area contributed by atoms with E-state index in [1.165, 1.54) is 0 Å². The fourth-order valence-corrected chi connectivity index (χ4v) is 3.57. The molecule has 2 N–H and O–H groups in total. The third kappa shape index (κ3) is 3.43. The highest BCUT2D eigenvalue weighted by atomic mass is 32.2. The zero-order valence-electron chi connectivity index (χ0n) is 10.5. The second-order valence-electron chi connectivity index (χ2n) is 4.70. The summed E-state index contributed by atoms with van der Waals surface area (Å²) >= 11 is 0. The van der Waals surface area contributed by atoms with E-state index in [1.807, 2.05) is 0 Å². The van der Waals surface area contributed by atoms with Crippen molar-refractivity contribution in [3.63, 3.8) is 0 Å². The first-order chi connectivity index (χ1) is 9.52. The molecule has 21 heavy (non-hydrogen) atoms. The second kappa shape index (κ2) is 5.09. The van der Waals surface area contributed by atoms with Gasteiger partial charge in [0.1, 0.15) is 23.1 Å². The van der Waals surface area contributed by atoms with Gasteiger partial charge in [0.05, 0.1) is 5.69 Å². The highest BCUT2D eigenvalue weighted by Crippen LogP contribution is 2.36. The minimum absolute atomic E-state index is 0.183. The van der Waals surface area contributed by atoms with Crippen molar-refractivity contribution in [1.29, 1.82) is 0 Å². The summed E-state index contributed by atoms with van der Waals surface area (Å²) in [4.78, 5) is -1.06. The number of anilines is 1. The quantitative estimate of drug-likeness (QED) is 0.680. The van der Waals surface area contributed by atoms with Crippen LogP contribution in [0.5, 0.6) is 0 Å². The number of nitrogens with two attached hydrogens (primary N) is 1. The van der Waals surface area contributed by atoms with Crippen LogP contribution in [0.25, 0.3) is 0 Å². The Labute approximate surface area is 117 Å². The number of sulfonamides is 1. The molecule has 4 nitrogen and oxygen atoms in total. The molecule has 1 aromatic rings. The zero-order chi connectivity index (χ0) is 16.0. The molecule has 2 rings (SSSR count). The van der Waals surface area contributed by atoms with Gasteiger partial charge in [-0.1, -0.05) is 0 Å². The predicted octanol–water partition coefficient (Wildman–Crippen LogP) is 2.26. The normalized spacial score (nSPS) is 16.5. The molecule has 0 spiro atoms. The Morgan fingerprint density at radius 2 is 1.76 bits per heavy atom. The molecule has 1 saturated carbocycles. The summed E-state index contributed by atoms with van der Waals surface area (Å²) in [6, 6.07) is -0.102. The molecule has 1 fully saturated rings. The summed E-state index contributed by atoms with van der Waals surface area (Å²) in [7, 11) is -4.75. The lowest BCUT2D eigenvalue weighted by Gasteiger charge is -2.23. The van der Waals surface area contributed by atoms with Crippen molar-refractivity contribution < 1.29 is 30.4 Å². The van der Waals surface area contributed by atoms with Gasteiger partial charge in [-0.05, 0) is 18.9 Å². The molecule has 1 aliphatic carbocycles. The summed E-state index contributed by atoms with van der Waals surface area (Å²) in [5, 5.41) is 0. The van der Waals surface area contributed by atoms with Gasteiger partial charge in [-0.25, -0.2) is 17.2 Å². The topological polar surface area (TPSA) is 63.4 Å². The Morgan fingerprint density at radius 1 is 1.19 bits per heavy atom. The Morgan fingerprint density at radius 3 is 2.24 bits per heavy atom. The molecule has 0 heterocycles. The van der Waals surface area contributed by atoms with E-state index in [4.69, 9.17) is 5.73 Å². The number of hydrogen-bond acceptors (Lipinski definition) is 3. The van der Waals surface area contributed by atoms with Crippen LogP contribution in [0.1, 0.15) is 12.8 Å². The van der Waals surface area contributed by atoms with Gasteiger partial charge in [0.25, 0.3) is 0 Å². The highest BCUT2D eigenvalue weighted by Gasteiger charge is 2.45. The summed E-state index contributed by atoms with van der Waals surface area (Å²) in [6.45, 7) is -1.73. The van der Waals surface area contributed by atoms with Crippen molar-refractivity contribution >= 4 is 15.7 Å². The van der Waals surface area contributed by atoms with E-state index in [2.05, 4.69) is 0 Å². The molecule has 1 aliphatic rings. The molecule has 0 radical (unpaired) electrons. The molecular formula is C11H11F5N2O2S. The van der Waals surface area contributed by atoms with E-state index >= 15 is 0 Å². The molecule has 0 unspecified atom stereocenters. The van der Waals surface area contributed by atoms with E-state index in [0.29, 0.717) is 6.07 Å². The SMILES string of the molecule is Nc1cc(S(=O)(=O)N(CC(F)(F)F)C2CC2)c(F)cc1F. The van der Waals surface area contributed by atoms with E-state index in [1.54, 1.807) is 0 Å². The fraction of sp³-hybridized carbons (Fsp3) is 0.455. The van der Waals surface area contributed by atoms with Crippen LogP contribution in [0, 0.1) is 11.6 Å². The number of benzene rings is 1. The van der Waals surface area contributed by atoms with Crippen molar-refractivity contribution in [3.8, 4) is 0 Å². The Kier molecular flexibility index (Phi) is 3.87. The highest BCUT2D eigenvalue weighted by molar-refractivity contribution is 7.89. The van der Waals surface area contributed by atoms with Crippen molar-refractivity contribution in [1.82, 2.24) is 4.31 Å². The molecule has 0 aromatic heterocycles. The third-order valence-corrected chi connectivity index (χ3v) is 4.84. The molecule has 0 saturated heterocycles. The van der Waals surface area contributed by atoms with E-state index in [9.17, 15) is 30.4 Å². The lowest BCUT2D eigenvalue weighted by Crippen LogP contribution is -2.40. The van der Waals surface area contributed by atoms with Crippen LogP contribution in [-0.2, 0) is 10.0 Å². The molecule has 10 heteroatoms. The van der Waals surface area contributed by atoms with Crippen molar-refractivity contribution in [3.05, 3.63) is 23.8 Å². The number of halogens is 5. The smallest absolute Gasteiger partial charge is 0.396 e. The summed E-state index contributed by atoms with van der Waals surface area (Å²) in [5.74, 6) is -2.66. The molecule has 1 aromatic carbocycles. The number of alkyl halides is 3. The van der Waals surface area contributed by atoms with Gasteiger partial charge in [0.15, 0.2) is 0 Å². The van der Waals surface area contributed by atoms with Gasteiger partial charge in [-0.2, -0.15) is 17.5 Å². The van der Waals surface area contributed by atoms with Crippen molar-refractivity contribution in [2.75, 3.05) is 12.3 Å². The van der Waals surface area contributed by atoms with Gasteiger partial charge in [-0.3, -0.25) is 0 Å². The first-order valence-corrected chi connectivity index (χ1v) is 7.29.